The van der Waals surface area contributed by atoms with Gasteiger partial charge in [0.1, 0.15) is 5.75 Å². The van der Waals surface area contributed by atoms with Crippen molar-refractivity contribution in [2.45, 2.75) is 43.9 Å². The molecule has 0 aliphatic carbocycles. The molecule has 1 amide bonds. The topological polar surface area (TPSA) is 94.2 Å². The highest BCUT2D eigenvalue weighted by molar-refractivity contribution is 7.89. The molecule has 2 aromatic rings. The number of carbonyl (C=O) groups is 1. The van der Waals surface area contributed by atoms with Crippen molar-refractivity contribution in [2.24, 2.45) is 0 Å². The van der Waals surface area contributed by atoms with Crippen LogP contribution in [0.3, 0.4) is 0 Å². The Bertz CT molecular complexity index is 1040. The fraction of sp³-hybridized carbons (Fsp3) is 0.458. The van der Waals surface area contributed by atoms with Gasteiger partial charge in [-0.1, -0.05) is 18.6 Å². The lowest BCUT2D eigenvalue weighted by Crippen LogP contribution is -2.35. The summed E-state index contributed by atoms with van der Waals surface area (Å²) in [5.74, 6) is 1.46. The van der Waals surface area contributed by atoms with Crippen LogP contribution in [0.2, 0.25) is 0 Å². The molecule has 0 aromatic heterocycles. The standard InChI is InChI=1S/C24H32N2O6S/c1-3-31-22-10-5-6-11-23(22)32-17-9-12-24(27)25-20-18-19(13-14-21(20)30-2)33(28,29)26-15-7-4-8-16-26/h5-6,10-11,13-14,18H,3-4,7-9,12,15-17H2,1-2H3,(H,25,27). The van der Waals surface area contributed by atoms with Crippen LogP contribution in [0.1, 0.15) is 39.0 Å². The summed E-state index contributed by atoms with van der Waals surface area (Å²) < 4.78 is 44.1. The number of carbonyl (C=O) groups excluding carboxylic acids is 1. The minimum absolute atomic E-state index is 0.149. The monoisotopic (exact) mass is 476 g/mol. The second-order valence-electron chi connectivity index (χ2n) is 7.71. The highest BCUT2D eigenvalue weighted by Crippen LogP contribution is 2.30. The summed E-state index contributed by atoms with van der Waals surface area (Å²) in [4.78, 5) is 12.7. The highest BCUT2D eigenvalue weighted by Gasteiger charge is 2.27. The van der Waals surface area contributed by atoms with E-state index in [9.17, 15) is 13.2 Å². The van der Waals surface area contributed by atoms with Crippen LogP contribution in [-0.2, 0) is 14.8 Å². The molecule has 1 aliphatic rings. The molecule has 3 rings (SSSR count). The molecular weight excluding hydrogens is 444 g/mol. The third-order valence-corrected chi connectivity index (χ3v) is 7.25. The second kappa shape index (κ2) is 11.9. The van der Waals surface area contributed by atoms with E-state index in [0.717, 1.165) is 19.3 Å². The molecule has 1 N–H and O–H groups in total. The number of rotatable bonds is 11. The number of sulfonamides is 1. The molecule has 0 bridgehead atoms. The van der Waals surface area contributed by atoms with Gasteiger partial charge < -0.3 is 19.5 Å². The van der Waals surface area contributed by atoms with Gasteiger partial charge in [0, 0.05) is 19.5 Å². The van der Waals surface area contributed by atoms with E-state index in [1.807, 2.05) is 31.2 Å². The van der Waals surface area contributed by atoms with Gasteiger partial charge in [-0.15, -0.1) is 0 Å². The molecule has 1 aliphatic heterocycles. The zero-order chi connectivity index (χ0) is 23.7. The van der Waals surface area contributed by atoms with Gasteiger partial charge in [0.15, 0.2) is 11.5 Å². The highest BCUT2D eigenvalue weighted by atomic mass is 32.2. The van der Waals surface area contributed by atoms with Crippen LogP contribution in [0.5, 0.6) is 17.2 Å². The van der Waals surface area contributed by atoms with Gasteiger partial charge in [-0.3, -0.25) is 4.79 Å². The van der Waals surface area contributed by atoms with E-state index in [1.54, 1.807) is 6.07 Å². The van der Waals surface area contributed by atoms with Gasteiger partial charge in [-0.2, -0.15) is 4.31 Å². The number of nitrogens with one attached hydrogen (secondary N) is 1. The van der Waals surface area contributed by atoms with Gasteiger partial charge in [0.25, 0.3) is 0 Å². The first kappa shape index (κ1) is 24.9. The van der Waals surface area contributed by atoms with Crippen LogP contribution in [0.15, 0.2) is 47.4 Å². The number of para-hydroxylation sites is 2. The van der Waals surface area contributed by atoms with E-state index in [1.165, 1.54) is 23.5 Å². The number of hydrogen-bond donors (Lipinski definition) is 1. The van der Waals surface area contributed by atoms with Crippen molar-refractivity contribution in [1.82, 2.24) is 4.31 Å². The lowest BCUT2D eigenvalue weighted by Gasteiger charge is -2.26. The number of amides is 1. The van der Waals surface area contributed by atoms with Crippen molar-refractivity contribution in [3.63, 3.8) is 0 Å². The Hall–Kier alpha value is -2.78. The van der Waals surface area contributed by atoms with Gasteiger partial charge >= 0.3 is 0 Å². The molecule has 2 aromatic carbocycles. The van der Waals surface area contributed by atoms with Gasteiger partial charge in [0.05, 0.1) is 30.9 Å². The number of piperidine rings is 1. The van der Waals surface area contributed by atoms with E-state index in [2.05, 4.69) is 5.32 Å². The Morgan fingerprint density at radius 3 is 2.36 bits per heavy atom. The largest absolute Gasteiger partial charge is 0.495 e. The van der Waals surface area contributed by atoms with Crippen LogP contribution >= 0.6 is 0 Å². The first-order chi connectivity index (χ1) is 16.0. The zero-order valence-corrected chi connectivity index (χ0v) is 20.0. The molecule has 1 fully saturated rings. The number of anilines is 1. The minimum atomic E-state index is -3.61. The van der Waals surface area contributed by atoms with Gasteiger partial charge in [-0.05, 0) is 56.5 Å². The summed E-state index contributed by atoms with van der Waals surface area (Å²) in [5.41, 5.74) is 0.336. The molecule has 1 saturated heterocycles. The van der Waals surface area contributed by atoms with Crippen LogP contribution in [0, 0.1) is 0 Å². The summed E-state index contributed by atoms with van der Waals surface area (Å²) in [6.45, 7) is 3.82. The van der Waals surface area contributed by atoms with Crippen molar-refractivity contribution in [1.29, 1.82) is 0 Å². The Balaban J connectivity index is 1.59. The molecule has 0 atom stereocenters. The van der Waals surface area contributed by atoms with Gasteiger partial charge in [0.2, 0.25) is 15.9 Å². The van der Waals surface area contributed by atoms with Crippen molar-refractivity contribution in [3.05, 3.63) is 42.5 Å². The fourth-order valence-electron chi connectivity index (χ4n) is 3.67. The summed E-state index contributed by atoms with van der Waals surface area (Å²) in [6.07, 6.45) is 3.45. The molecule has 33 heavy (non-hydrogen) atoms. The Labute approximate surface area is 195 Å². The van der Waals surface area contributed by atoms with Crippen molar-refractivity contribution in [3.8, 4) is 17.2 Å². The van der Waals surface area contributed by atoms with Crippen molar-refractivity contribution in [2.75, 3.05) is 38.7 Å². The minimum Gasteiger partial charge on any atom is -0.495 e. The van der Waals surface area contributed by atoms with Crippen LogP contribution < -0.4 is 19.5 Å². The smallest absolute Gasteiger partial charge is 0.243 e. The third kappa shape index (κ3) is 6.61. The number of nitrogens with zero attached hydrogens (tertiary/aromatic N) is 1. The molecule has 0 saturated carbocycles. The number of methoxy groups -OCH3 is 1. The maximum absolute atomic E-state index is 13.0. The number of ether oxygens (including phenoxy) is 3. The summed E-state index contributed by atoms with van der Waals surface area (Å²) in [5, 5.41) is 2.78. The first-order valence-corrected chi connectivity index (χ1v) is 12.7. The second-order valence-corrected chi connectivity index (χ2v) is 9.64. The number of benzene rings is 2. The van der Waals surface area contributed by atoms with E-state index >= 15 is 0 Å². The predicted octanol–water partition coefficient (Wildman–Crippen LogP) is 4.07. The summed E-state index contributed by atoms with van der Waals surface area (Å²) in [6, 6.07) is 11.9. The maximum Gasteiger partial charge on any atom is 0.243 e. The average Bonchev–Trinajstić information content (AvgIpc) is 2.83. The van der Waals surface area contributed by atoms with E-state index < -0.39 is 10.0 Å². The molecule has 0 radical (unpaired) electrons. The summed E-state index contributed by atoms with van der Waals surface area (Å²) >= 11 is 0. The molecule has 180 valence electrons. The quantitative estimate of drug-likeness (QED) is 0.492. The zero-order valence-electron chi connectivity index (χ0n) is 19.2. The van der Waals surface area contributed by atoms with Crippen molar-refractivity contribution < 1.29 is 27.4 Å². The van der Waals surface area contributed by atoms with E-state index in [0.29, 0.717) is 55.7 Å². The van der Waals surface area contributed by atoms with Crippen LogP contribution in [0.25, 0.3) is 0 Å². The lowest BCUT2D eigenvalue weighted by molar-refractivity contribution is -0.116. The maximum atomic E-state index is 13.0. The average molecular weight is 477 g/mol. The fourth-order valence-corrected chi connectivity index (χ4v) is 5.22. The molecule has 9 heteroatoms. The Kier molecular flexibility index (Phi) is 8.96. The first-order valence-electron chi connectivity index (χ1n) is 11.3. The van der Waals surface area contributed by atoms with Crippen LogP contribution in [0.4, 0.5) is 5.69 Å². The van der Waals surface area contributed by atoms with E-state index in [4.69, 9.17) is 14.2 Å². The number of hydrogen-bond acceptors (Lipinski definition) is 6. The normalized spacial score (nSPS) is 14.5. The van der Waals surface area contributed by atoms with Crippen molar-refractivity contribution >= 4 is 21.6 Å². The molecule has 8 nitrogen and oxygen atoms in total. The van der Waals surface area contributed by atoms with Gasteiger partial charge in [-0.25, -0.2) is 8.42 Å². The van der Waals surface area contributed by atoms with Crippen LogP contribution in [-0.4, -0.2) is 52.0 Å². The molecule has 0 spiro atoms. The lowest BCUT2D eigenvalue weighted by atomic mass is 10.2. The molecule has 0 unspecified atom stereocenters. The van der Waals surface area contributed by atoms with E-state index in [-0.39, 0.29) is 17.2 Å². The summed E-state index contributed by atoms with van der Waals surface area (Å²) in [7, 11) is -2.13. The Morgan fingerprint density at radius 2 is 1.70 bits per heavy atom. The molecular formula is C24H32N2O6S. The predicted molar refractivity (Wildman–Crippen MR) is 127 cm³/mol. The Morgan fingerprint density at radius 1 is 1.00 bits per heavy atom. The third-order valence-electron chi connectivity index (χ3n) is 5.35. The SMILES string of the molecule is CCOc1ccccc1OCCCC(=O)Nc1cc(S(=O)(=O)N2CCCCC2)ccc1OC. The molecule has 1 heterocycles.